The minimum Gasteiger partial charge on any atom is -0.465 e. The van der Waals surface area contributed by atoms with Crippen LogP contribution in [0.1, 0.15) is 22.7 Å². The molecule has 1 aromatic heterocycles. The molecule has 2 heterocycles. The quantitative estimate of drug-likeness (QED) is 0.309. The first-order valence-corrected chi connectivity index (χ1v) is 12.3. The van der Waals surface area contributed by atoms with E-state index in [2.05, 4.69) is 26.2 Å². The number of tetrazole rings is 1. The molecule has 0 aliphatic carbocycles. The lowest BCUT2D eigenvalue weighted by Gasteiger charge is -2.35. The summed E-state index contributed by atoms with van der Waals surface area (Å²) in [5.41, 5.74) is 3.64. The van der Waals surface area contributed by atoms with Gasteiger partial charge in [-0.05, 0) is 70.4 Å². The van der Waals surface area contributed by atoms with Crippen LogP contribution in [-0.2, 0) is 16.0 Å². The average Bonchev–Trinajstić information content (AvgIpc) is 3.45. The van der Waals surface area contributed by atoms with E-state index in [1.807, 2.05) is 24.3 Å². The largest absolute Gasteiger partial charge is 0.465 e. The number of aromatic nitrogens is 4. The zero-order valence-corrected chi connectivity index (χ0v) is 21.1. The fourth-order valence-corrected chi connectivity index (χ4v) is 4.67. The van der Waals surface area contributed by atoms with E-state index in [9.17, 15) is 14.4 Å². The molecular formula is C27H22ClN7O4. The second-order valence-corrected chi connectivity index (χ2v) is 9.11. The normalized spacial score (nSPS) is 14.6. The maximum Gasteiger partial charge on any atom is 0.409 e. The van der Waals surface area contributed by atoms with Gasteiger partial charge in [-0.25, -0.2) is 4.79 Å². The van der Waals surface area contributed by atoms with Crippen LogP contribution >= 0.6 is 11.6 Å². The summed E-state index contributed by atoms with van der Waals surface area (Å²) >= 11 is 6.20. The molecule has 3 amide bonds. The van der Waals surface area contributed by atoms with Crippen LogP contribution < -0.4 is 10.6 Å². The van der Waals surface area contributed by atoms with Gasteiger partial charge in [0.2, 0.25) is 5.91 Å². The molecule has 0 spiro atoms. The van der Waals surface area contributed by atoms with Crippen LogP contribution in [0.3, 0.4) is 0 Å². The number of carbonyl (C=O) groups is 3. The summed E-state index contributed by atoms with van der Waals surface area (Å²) in [7, 11) is 0. The van der Waals surface area contributed by atoms with Gasteiger partial charge in [-0.2, -0.15) is 4.68 Å². The Bertz CT molecular complexity index is 1570. The number of anilines is 2. The summed E-state index contributed by atoms with van der Waals surface area (Å²) < 4.78 is 1.46. The first kappa shape index (κ1) is 25.6. The lowest BCUT2D eigenvalue weighted by atomic mass is 9.91. The van der Waals surface area contributed by atoms with E-state index in [0.717, 1.165) is 11.1 Å². The first-order valence-electron chi connectivity index (χ1n) is 11.9. The number of amides is 3. The standard InChI is InChI=1S/C27H22ClN7O4/c28-19-9-10-23(35-16-29-32-33-35)18(14-19)8-11-24(36)34-13-12-17-4-1-2-7-22(17)25(34)26(37)30-20-5-3-6-21(15-20)31-27(38)39/h1-11,14-16,25,31H,12-13H2,(H,30,37)(H,38,39)/b11-8+. The second-order valence-electron chi connectivity index (χ2n) is 8.67. The van der Waals surface area contributed by atoms with Crippen molar-refractivity contribution in [2.24, 2.45) is 0 Å². The minimum atomic E-state index is -1.22. The van der Waals surface area contributed by atoms with Gasteiger partial charge in [0.05, 0.1) is 5.69 Å². The van der Waals surface area contributed by atoms with E-state index in [1.54, 1.807) is 42.5 Å². The monoisotopic (exact) mass is 543 g/mol. The molecule has 1 atom stereocenters. The number of hydrogen-bond acceptors (Lipinski definition) is 6. The van der Waals surface area contributed by atoms with Gasteiger partial charge < -0.3 is 15.3 Å². The molecular weight excluding hydrogens is 522 g/mol. The number of benzene rings is 3. The molecule has 1 aliphatic rings. The Kier molecular flexibility index (Phi) is 7.32. The Labute approximate surface area is 227 Å². The summed E-state index contributed by atoms with van der Waals surface area (Å²) in [6, 6.07) is 18.1. The number of halogens is 1. The second kappa shape index (κ2) is 11.2. The third-order valence-corrected chi connectivity index (χ3v) is 6.42. The van der Waals surface area contributed by atoms with Crippen molar-refractivity contribution < 1.29 is 19.5 Å². The van der Waals surface area contributed by atoms with Crippen molar-refractivity contribution in [3.05, 3.63) is 101 Å². The van der Waals surface area contributed by atoms with E-state index in [4.69, 9.17) is 16.7 Å². The van der Waals surface area contributed by atoms with Crippen molar-refractivity contribution in [2.75, 3.05) is 17.2 Å². The summed E-state index contributed by atoms with van der Waals surface area (Å²) in [5.74, 6) is -0.790. The van der Waals surface area contributed by atoms with E-state index < -0.39 is 18.0 Å². The van der Waals surface area contributed by atoms with Gasteiger partial charge in [0.15, 0.2) is 0 Å². The molecule has 0 bridgehead atoms. The molecule has 0 saturated carbocycles. The maximum absolute atomic E-state index is 13.6. The average molecular weight is 544 g/mol. The third kappa shape index (κ3) is 5.78. The number of carbonyl (C=O) groups excluding carboxylic acids is 2. The number of nitrogens with one attached hydrogen (secondary N) is 2. The molecule has 0 saturated heterocycles. The number of nitrogens with zero attached hydrogens (tertiary/aromatic N) is 5. The van der Waals surface area contributed by atoms with Crippen molar-refractivity contribution in [2.45, 2.75) is 12.5 Å². The smallest absolute Gasteiger partial charge is 0.409 e. The van der Waals surface area contributed by atoms with Gasteiger partial charge in [-0.3, -0.25) is 14.9 Å². The van der Waals surface area contributed by atoms with Crippen LogP contribution in [0.5, 0.6) is 0 Å². The molecule has 0 radical (unpaired) electrons. The van der Waals surface area contributed by atoms with Gasteiger partial charge in [-0.15, -0.1) is 5.10 Å². The van der Waals surface area contributed by atoms with Crippen molar-refractivity contribution >= 4 is 47.0 Å². The molecule has 4 aromatic rings. The molecule has 11 nitrogen and oxygen atoms in total. The Morgan fingerprint density at radius 2 is 1.79 bits per heavy atom. The fraction of sp³-hybridized carbons (Fsp3) is 0.111. The summed E-state index contributed by atoms with van der Waals surface area (Å²) in [6.07, 6.45) is 3.81. The predicted octanol–water partition coefficient (Wildman–Crippen LogP) is 4.18. The fourth-order valence-electron chi connectivity index (χ4n) is 4.49. The molecule has 12 heteroatoms. The Morgan fingerprint density at radius 1 is 1.00 bits per heavy atom. The Balaban J connectivity index is 1.43. The van der Waals surface area contributed by atoms with Crippen LogP contribution in [-0.4, -0.2) is 54.7 Å². The zero-order chi connectivity index (χ0) is 27.4. The van der Waals surface area contributed by atoms with Crippen LogP contribution in [0.15, 0.2) is 79.1 Å². The number of hydrogen-bond donors (Lipinski definition) is 3. The van der Waals surface area contributed by atoms with Gasteiger partial charge in [-0.1, -0.05) is 41.9 Å². The zero-order valence-electron chi connectivity index (χ0n) is 20.4. The Morgan fingerprint density at radius 3 is 2.56 bits per heavy atom. The van der Waals surface area contributed by atoms with Crippen LogP contribution in [0.25, 0.3) is 11.8 Å². The molecule has 3 N–H and O–H groups in total. The predicted molar refractivity (Wildman–Crippen MR) is 145 cm³/mol. The van der Waals surface area contributed by atoms with Gasteiger partial charge >= 0.3 is 6.09 Å². The number of carboxylic acid groups (broad SMARTS) is 1. The number of rotatable bonds is 6. The van der Waals surface area contributed by atoms with Crippen LogP contribution in [0.2, 0.25) is 5.02 Å². The van der Waals surface area contributed by atoms with Crippen molar-refractivity contribution in [3.8, 4) is 5.69 Å². The lowest BCUT2D eigenvalue weighted by Crippen LogP contribution is -2.44. The SMILES string of the molecule is O=C(O)Nc1cccc(NC(=O)C2c3ccccc3CCN2C(=O)/C=C/c2cc(Cl)ccc2-n2cnnn2)c1. The molecule has 3 aromatic carbocycles. The van der Waals surface area contributed by atoms with Crippen molar-refractivity contribution in [3.63, 3.8) is 0 Å². The van der Waals surface area contributed by atoms with Gasteiger partial charge in [0, 0.05) is 34.6 Å². The molecule has 39 heavy (non-hydrogen) atoms. The highest BCUT2D eigenvalue weighted by Crippen LogP contribution is 2.32. The van der Waals surface area contributed by atoms with E-state index in [1.165, 1.54) is 28.1 Å². The maximum atomic E-state index is 13.6. The lowest BCUT2D eigenvalue weighted by molar-refractivity contribution is -0.135. The van der Waals surface area contributed by atoms with E-state index in [0.29, 0.717) is 40.6 Å². The molecule has 0 fully saturated rings. The molecule has 1 unspecified atom stereocenters. The highest BCUT2D eigenvalue weighted by atomic mass is 35.5. The highest BCUT2D eigenvalue weighted by molar-refractivity contribution is 6.30. The van der Waals surface area contributed by atoms with E-state index >= 15 is 0 Å². The van der Waals surface area contributed by atoms with Crippen molar-refractivity contribution in [1.29, 1.82) is 0 Å². The van der Waals surface area contributed by atoms with Gasteiger partial charge in [0.25, 0.3) is 5.91 Å². The molecule has 5 rings (SSSR count). The number of fused-ring (bicyclic) bond motifs is 1. The van der Waals surface area contributed by atoms with Crippen LogP contribution in [0, 0.1) is 0 Å². The third-order valence-electron chi connectivity index (χ3n) is 6.19. The first-order chi connectivity index (χ1) is 18.9. The van der Waals surface area contributed by atoms with E-state index in [-0.39, 0.29) is 5.91 Å². The topological polar surface area (TPSA) is 142 Å². The Hall–Kier alpha value is -5.03. The van der Waals surface area contributed by atoms with Gasteiger partial charge in [0.1, 0.15) is 12.4 Å². The van der Waals surface area contributed by atoms with Crippen molar-refractivity contribution in [1.82, 2.24) is 25.1 Å². The van der Waals surface area contributed by atoms with Crippen LogP contribution in [0.4, 0.5) is 16.2 Å². The highest BCUT2D eigenvalue weighted by Gasteiger charge is 2.35. The minimum absolute atomic E-state index is 0.306. The molecule has 196 valence electrons. The summed E-state index contributed by atoms with van der Waals surface area (Å²) in [5, 5.41) is 25.8. The summed E-state index contributed by atoms with van der Waals surface area (Å²) in [6.45, 7) is 0.328. The molecule has 1 aliphatic heterocycles. The summed E-state index contributed by atoms with van der Waals surface area (Å²) in [4.78, 5) is 39.6.